The van der Waals surface area contributed by atoms with Crippen LogP contribution in [0, 0.1) is 0 Å². The number of rotatable bonds is 2. The van der Waals surface area contributed by atoms with Crippen LogP contribution in [-0.2, 0) is 0 Å². The van der Waals surface area contributed by atoms with E-state index in [9.17, 15) is 4.79 Å². The van der Waals surface area contributed by atoms with Gasteiger partial charge in [0, 0.05) is 34.7 Å². The SMILES string of the molecule is O=C(c1ccc2c(c1)OCO2)N1CCSC(c2ccccc2Cl)CC1. The van der Waals surface area contributed by atoms with Gasteiger partial charge in [0.05, 0.1) is 0 Å². The van der Waals surface area contributed by atoms with E-state index in [2.05, 4.69) is 6.07 Å². The molecule has 25 heavy (non-hydrogen) atoms. The molecule has 1 fully saturated rings. The first-order valence-electron chi connectivity index (χ1n) is 8.27. The average molecular weight is 376 g/mol. The van der Waals surface area contributed by atoms with Crippen molar-refractivity contribution in [2.24, 2.45) is 0 Å². The highest BCUT2D eigenvalue weighted by Gasteiger charge is 2.25. The summed E-state index contributed by atoms with van der Waals surface area (Å²) in [7, 11) is 0. The zero-order valence-electron chi connectivity index (χ0n) is 13.6. The summed E-state index contributed by atoms with van der Waals surface area (Å²) >= 11 is 8.20. The van der Waals surface area contributed by atoms with Crippen LogP contribution in [-0.4, -0.2) is 36.4 Å². The molecule has 2 aromatic carbocycles. The molecule has 0 spiro atoms. The number of amides is 1. The Bertz CT molecular complexity index is 798. The minimum Gasteiger partial charge on any atom is -0.454 e. The molecule has 0 N–H and O–H groups in total. The summed E-state index contributed by atoms with van der Waals surface area (Å²) in [5, 5.41) is 1.12. The van der Waals surface area contributed by atoms with Crippen molar-refractivity contribution in [3.05, 3.63) is 58.6 Å². The molecule has 0 aromatic heterocycles. The van der Waals surface area contributed by atoms with Crippen LogP contribution in [0.25, 0.3) is 0 Å². The molecule has 1 saturated heterocycles. The highest BCUT2D eigenvalue weighted by atomic mass is 35.5. The standard InChI is InChI=1S/C19H18ClNO3S/c20-15-4-2-1-3-14(15)18-7-8-21(9-10-25-18)19(22)13-5-6-16-17(11-13)24-12-23-16/h1-6,11,18H,7-10,12H2. The maximum Gasteiger partial charge on any atom is 0.254 e. The molecule has 6 heteroatoms. The monoisotopic (exact) mass is 375 g/mol. The number of carbonyl (C=O) groups is 1. The van der Waals surface area contributed by atoms with Crippen molar-refractivity contribution in [1.29, 1.82) is 0 Å². The molecule has 1 unspecified atom stereocenters. The Balaban J connectivity index is 1.47. The molecule has 4 rings (SSSR count). The maximum atomic E-state index is 12.9. The highest BCUT2D eigenvalue weighted by Crippen LogP contribution is 2.38. The van der Waals surface area contributed by atoms with Crippen LogP contribution in [0.15, 0.2) is 42.5 Å². The van der Waals surface area contributed by atoms with Crippen molar-refractivity contribution in [3.8, 4) is 11.5 Å². The van der Waals surface area contributed by atoms with E-state index in [0.29, 0.717) is 22.3 Å². The third kappa shape index (κ3) is 3.44. The third-order valence-electron chi connectivity index (χ3n) is 4.50. The van der Waals surface area contributed by atoms with Crippen molar-refractivity contribution in [2.75, 3.05) is 25.6 Å². The molecule has 130 valence electrons. The third-order valence-corrected chi connectivity index (χ3v) is 6.15. The quantitative estimate of drug-likeness (QED) is 0.780. The van der Waals surface area contributed by atoms with Crippen molar-refractivity contribution in [3.63, 3.8) is 0 Å². The van der Waals surface area contributed by atoms with Crippen LogP contribution in [0.3, 0.4) is 0 Å². The van der Waals surface area contributed by atoms with E-state index in [4.69, 9.17) is 21.1 Å². The number of benzene rings is 2. The van der Waals surface area contributed by atoms with Gasteiger partial charge in [-0.3, -0.25) is 4.79 Å². The lowest BCUT2D eigenvalue weighted by atomic mass is 10.1. The lowest BCUT2D eigenvalue weighted by Gasteiger charge is -2.20. The summed E-state index contributed by atoms with van der Waals surface area (Å²) in [5.74, 6) is 2.27. The Kier molecular flexibility index (Phi) is 4.77. The zero-order chi connectivity index (χ0) is 17.2. The molecule has 0 saturated carbocycles. The molecule has 2 heterocycles. The van der Waals surface area contributed by atoms with Gasteiger partial charge in [0.2, 0.25) is 6.79 Å². The summed E-state index contributed by atoms with van der Waals surface area (Å²) in [5.41, 5.74) is 1.80. The van der Waals surface area contributed by atoms with E-state index < -0.39 is 0 Å². The molecule has 2 aromatic rings. The van der Waals surface area contributed by atoms with Crippen molar-refractivity contribution < 1.29 is 14.3 Å². The summed E-state index contributed by atoms with van der Waals surface area (Å²) in [6.45, 7) is 1.67. The van der Waals surface area contributed by atoms with Crippen LogP contribution in [0.1, 0.15) is 27.6 Å². The van der Waals surface area contributed by atoms with Crippen molar-refractivity contribution in [2.45, 2.75) is 11.7 Å². The van der Waals surface area contributed by atoms with Gasteiger partial charge in [-0.05, 0) is 36.2 Å². The number of nitrogens with zero attached hydrogens (tertiary/aromatic N) is 1. The smallest absolute Gasteiger partial charge is 0.254 e. The molecular weight excluding hydrogens is 358 g/mol. The van der Waals surface area contributed by atoms with E-state index in [1.54, 1.807) is 18.2 Å². The second-order valence-electron chi connectivity index (χ2n) is 6.03. The number of hydrogen-bond donors (Lipinski definition) is 0. The second-order valence-corrected chi connectivity index (χ2v) is 7.75. The molecule has 0 aliphatic carbocycles. The van der Waals surface area contributed by atoms with E-state index in [0.717, 1.165) is 35.8 Å². The Morgan fingerprint density at radius 1 is 1.12 bits per heavy atom. The van der Waals surface area contributed by atoms with Crippen LogP contribution >= 0.6 is 23.4 Å². The molecular formula is C19H18ClNO3S. The summed E-state index contributed by atoms with van der Waals surface area (Å²) in [6.07, 6.45) is 0.894. The lowest BCUT2D eigenvalue weighted by Crippen LogP contribution is -2.32. The van der Waals surface area contributed by atoms with Gasteiger partial charge in [-0.25, -0.2) is 0 Å². The van der Waals surface area contributed by atoms with E-state index >= 15 is 0 Å². The molecule has 2 aliphatic heterocycles. The van der Waals surface area contributed by atoms with Gasteiger partial charge < -0.3 is 14.4 Å². The Morgan fingerprint density at radius 2 is 1.96 bits per heavy atom. The average Bonchev–Trinajstić information content (AvgIpc) is 2.97. The summed E-state index contributed by atoms with van der Waals surface area (Å²) in [6, 6.07) is 13.3. The van der Waals surface area contributed by atoms with Gasteiger partial charge in [0.15, 0.2) is 11.5 Å². The van der Waals surface area contributed by atoms with Gasteiger partial charge in [-0.1, -0.05) is 29.8 Å². The molecule has 1 atom stereocenters. The normalized spacial score (nSPS) is 19.6. The molecule has 1 amide bonds. The Morgan fingerprint density at radius 3 is 2.84 bits per heavy atom. The maximum absolute atomic E-state index is 12.9. The number of fused-ring (bicyclic) bond motifs is 1. The minimum absolute atomic E-state index is 0.0405. The first-order chi connectivity index (χ1) is 12.2. The Hall–Kier alpha value is -1.85. The van der Waals surface area contributed by atoms with Crippen LogP contribution in [0.5, 0.6) is 11.5 Å². The summed E-state index contributed by atoms with van der Waals surface area (Å²) in [4.78, 5) is 14.8. The second kappa shape index (κ2) is 7.18. The Labute approximate surface area is 156 Å². The van der Waals surface area contributed by atoms with E-state index in [1.165, 1.54) is 0 Å². The highest BCUT2D eigenvalue weighted by molar-refractivity contribution is 7.99. The fraction of sp³-hybridized carbons (Fsp3) is 0.316. The van der Waals surface area contributed by atoms with E-state index in [-0.39, 0.29) is 12.7 Å². The molecule has 4 nitrogen and oxygen atoms in total. The fourth-order valence-corrected chi connectivity index (χ4v) is 4.77. The largest absolute Gasteiger partial charge is 0.454 e. The van der Waals surface area contributed by atoms with Gasteiger partial charge in [-0.2, -0.15) is 11.8 Å². The van der Waals surface area contributed by atoms with Crippen LogP contribution in [0.2, 0.25) is 5.02 Å². The number of halogens is 1. The predicted octanol–water partition coefficient (Wildman–Crippen LogP) is 4.39. The zero-order valence-corrected chi connectivity index (χ0v) is 15.2. The molecule has 2 aliphatic rings. The van der Waals surface area contributed by atoms with Crippen LogP contribution in [0.4, 0.5) is 0 Å². The van der Waals surface area contributed by atoms with Crippen molar-refractivity contribution >= 4 is 29.3 Å². The minimum atomic E-state index is 0.0405. The number of hydrogen-bond acceptors (Lipinski definition) is 4. The topological polar surface area (TPSA) is 38.8 Å². The fourth-order valence-electron chi connectivity index (χ4n) is 3.17. The predicted molar refractivity (Wildman–Crippen MR) is 99.7 cm³/mol. The number of ether oxygens (including phenoxy) is 2. The van der Waals surface area contributed by atoms with E-state index in [1.807, 2.05) is 34.9 Å². The van der Waals surface area contributed by atoms with Gasteiger partial charge in [0.1, 0.15) is 0 Å². The van der Waals surface area contributed by atoms with Gasteiger partial charge in [-0.15, -0.1) is 0 Å². The number of carbonyl (C=O) groups excluding carboxylic acids is 1. The first kappa shape index (κ1) is 16.6. The first-order valence-corrected chi connectivity index (χ1v) is 9.70. The molecule has 0 bridgehead atoms. The number of thioether (sulfide) groups is 1. The summed E-state index contributed by atoms with van der Waals surface area (Å²) < 4.78 is 10.7. The lowest BCUT2D eigenvalue weighted by molar-refractivity contribution is 0.0766. The molecule has 0 radical (unpaired) electrons. The van der Waals surface area contributed by atoms with Gasteiger partial charge in [0.25, 0.3) is 5.91 Å². The van der Waals surface area contributed by atoms with Crippen LogP contribution < -0.4 is 9.47 Å². The van der Waals surface area contributed by atoms with Crippen molar-refractivity contribution in [1.82, 2.24) is 4.90 Å². The van der Waals surface area contributed by atoms with Gasteiger partial charge >= 0.3 is 0 Å².